The summed E-state index contributed by atoms with van der Waals surface area (Å²) in [6.07, 6.45) is -0.850. The number of hydrogen-bond acceptors (Lipinski definition) is 8. The van der Waals surface area contributed by atoms with Gasteiger partial charge in [-0.15, -0.1) is 11.8 Å². The molecule has 1 aliphatic rings. The maximum atomic E-state index is 12.7. The molecule has 1 fully saturated rings. The molecule has 182 valence electrons. The van der Waals surface area contributed by atoms with Crippen molar-refractivity contribution >= 4 is 35.2 Å². The number of hydrogen-bond donors (Lipinski definition) is 5. The van der Waals surface area contributed by atoms with Gasteiger partial charge in [0, 0.05) is 11.3 Å². The van der Waals surface area contributed by atoms with Gasteiger partial charge in [-0.3, -0.25) is 19.7 Å². The topological polar surface area (TPSA) is 144 Å². The van der Waals surface area contributed by atoms with Crippen LogP contribution in [0.3, 0.4) is 0 Å². The lowest BCUT2D eigenvalue weighted by molar-refractivity contribution is -0.125. The van der Waals surface area contributed by atoms with E-state index in [0.29, 0.717) is 11.5 Å². The van der Waals surface area contributed by atoms with Crippen molar-refractivity contribution in [2.75, 3.05) is 25.3 Å². The van der Waals surface area contributed by atoms with Gasteiger partial charge in [-0.1, -0.05) is 12.1 Å². The molecule has 0 spiro atoms. The molecule has 3 atom stereocenters. The Morgan fingerprint density at radius 1 is 1.12 bits per heavy atom. The summed E-state index contributed by atoms with van der Waals surface area (Å²) in [6, 6.07) is 9.37. The normalized spacial score (nSPS) is 19.7. The summed E-state index contributed by atoms with van der Waals surface area (Å²) in [7, 11) is 2.96. The van der Waals surface area contributed by atoms with Gasteiger partial charge in [0.25, 0.3) is 5.91 Å². The minimum absolute atomic E-state index is 0.0979. The fourth-order valence-electron chi connectivity index (χ4n) is 3.37. The molecular formula is C23H29N5O5S. The third-order valence-electron chi connectivity index (χ3n) is 5.45. The highest BCUT2D eigenvalue weighted by atomic mass is 32.2. The number of thioether (sulfide) groups is 1. The van der Waals surface area contributed by atoms with Crippen molar-refractivity contribution in [2.45, 2.75) is 31.6 Å². The van der Waals surface area contributed by atoms with Gasteiger partial charge in [0.05, 0.1) is 26.1 Å². The van der Waals surface area contributed by atoms with Crippen LogP contribution in [0.25, 0.3) is 0 Å². The van der Waals surface area contributed by atoms with Gasteiger partial charge in [-0.05, 0) is 49.2 Å². The quantitative estimate of drug-likeness (QED) is 0.372. The predicted octanol–water partition coefficient (Wildman–Crippen LogP) is 1.08. The third-order valence-corrected chi connectivity index (χ3v) is 6.47. The van der Waals surface area contributed by atoms with Crippen molar-refractivity contribution in [3.63, 3.8) is 0 Å². The van der Waals surface area contributed by atoms with Gasteiger partial charge in [0.15, 0.2) is 11.5 Å². The molecule has 2 aromatic carbocycles. The van der Waals surface area contributed by atoms with E-state index in [9.17, 15) is 14.4 Å². The molecule has 0 saturated carbocycles. The van der Waals surface area contributed by atoms with E-state index >= 15 is 0 Å². The highest BCUT2D eigenvalue weighted by Crippen LogP contribution is 2.27. The van der Waals surface area contributed by atoms with Crippen LogP contribution >= 0.6 is 11.8 Å². The standard InChI is InChI=1S/C23H29N5O5S/c1-12-6-5-7-15(13(12)2)25-18(29)11-34-23-27-20(24)19(22(31)28-23)26-21(30)14-8-9-16(32-3)17(10-14)33-4/h5-10,19-20,23,27H,11,24H2,1-4H3,(H,25,29)(H,26,30)(H,28,31). The van der Waals surface area contributed by atoms with E-state index in [1.165, 1.54) is 32.0 Å². The lowest BCUT2D eigenvalue weighted by Crippen LogP contribution is -2.70. The van der Waals surface area contributed by atoms with Crippen LogP contribution in [-0.2, 0) is 9.59 Å². The SMILES string of the molecule is COc1ccc(C(=O)NC2C(=O)NC(SCC(=O)Nc3cccc(C)c3C)NC2N)cc1OC. The van der Waals surface area contributed by atoms with Crippen molar-refractivity contribution in [2.24, 2.45) is 5.73 Å². The molecule has 1 saturated heterocycles. The second-order valence-corrected chi connectivity index (χ2v) is 8.80. The molecule has 0 aromatic heterocycles. The van der Waals surface area contributed by atoms with Crippen LogP contribution in [0.5, 0.6) is 11.5 Å². The average Bonchev–Trinajstić information content (AvgIpc) is 2.82. The zero-order valence-electron chi connectivity index (χ0n) is 19.4. The Balaban J connectivity index is 1.54. The lowest BCUT2D eigenvalue weighted by atomic mass is 10.1. The first kappa shape index (κ1) is 25.3. The second-order valence-electron chi connectivity index (χ2n) is 7.71. The van der Waals surface area contributed by atoms with Crippen molar-refractivity contribution in [1.29, 1.82) is 0 Å². The van der Waals surface area contributed by atoms with Crippen LogP contribution in [-0.4, -0.2) is 55.4 Å². The second kappa shape index (κ2) is 11.2. The number of amides is 3. The number of carbonyl (C=O) groups excluding carboxylic acids is 3. The molecule has 11 heteroatoms. The maximum Gasteiger partial charge on any atom is 0.252 e. The smallest absolute Gasteiger partial charge is 0.252 e. The van der Waals surface area contributed by atoms with Gasteiger partial charge in [-0.25, -0.2) is 0 Å². The summed E-state index contributed by atoms with van der Waals surface area (Å²) >= 11 is 1.19. The number of anilines is 1. The fourth-order valence-corrected chi connectivity index (χ4v) is 4.22. The first-order chi connectivity index (χ1) is 16.2. The molecule has 10 nitrogen and oxygen atoms in total. The van der Waals surface area contributed by atoms with Gasteiger partial charge >= 0.3 is 0 Å². The molecule has 0 radical (unpaired) electrons. The number of benzene rings is 2. The van der Waals surface area contributed by atoms with Gasteiger partial charge in [0.2, 0.25) is 11.8 Å². The van der Waals surface area contributed by atoms with Crippen LogP contribution in [0, 0.1) is 13.8 Å². The number of nitrogens with one attached hydrogen (secondary N) is 4. The number of aryl methyl sites for hydroxylation is 1. The first-order valence-electron chi connectivity index (χ1n) is 10.6. The number of ether oxygens (including phenoxy) is 2. The van der Waals surface area contributed by atoms with E-state index in [4.69, 9.17) is 15.2 Å². The van der Waals surface area contributed by atoms with E-state index in [1.807, 2.05) is 32.0 Å². The van der Waals surface area contributed by atoms with Crippen LogP contribution in [0.4, 0.5) is 5.69 Å². The van der Waals surface area contributed by atoms with E-state index in [0.717, 1.165) is 16.8 Å². The van der Waals surface area contributed by atoms with Crippen LogP contribution in [0.15, 0.2) is 36.4 Å². The predicted molar refractivity (Wildman–Crippen MR) is 131 cm³/mol. The molecule has 0 bridgehead atoms. The summed E-state index contributed by atoms with van der Waals surface area (Å²) in [5.41, 5.74) is 8.65. The van der Waals surface area contributed by atoms with E-state index in [1.54, 1.807) is 12.1 Å². The van der Waals surface area contributed by atoms with Gasteiger partial charge in [0.1, 0.15) is 11.5 Å². The third kappa shape index (κ3) is 5.99. The van der Waals surface area contributed by atoms with Crippen LogP contribution < -0.4 is 36.5 Å². The lowest BCUT2D eigenvalue weighted by Gasteiger charge is -2.35. The van der Waals surface area contributed by atoms with Crippen molar-refractivity contribution in [3.05, 3.63) is 53.1 Å². The summed E-state index contributed by atoms with van der Waals surface area (Å²) in [5.74, 6) is -0.173. The molecule has 3 amide bonds. The van der Waals surface area contributed by atoms with Crippen molar-refractivity contribution in [1.82, 2.24) is 16.0 Å². The van der Waals surface area contributed by atoms with Crippen LogP contribution in [0.2, 0.25) is 0 Å². The Labute approximate surface area is 202 Å². The largest absolute Gasteiger partial charge is 0.493 e. The fraction of sp³-hybridized carbons (Fsp3) is 0.348. The van der Waals surface area contributed by atoms with E-state index in [-0.39, 0.29) is 17.2 Å². The van der Waals surface area contributed by atoms with Gasteiger partial charge < -0.3 is 31.2 Å². The summed E-state index contributed by atoms with van der Waals surface area (Å²) in [5, 5.41) is 11.2. The zero-order valence-corrected chi connectivity index (χ0v) is 20.2. The molecule has 0 aliphatic carbocycles. The average molecular weight is 488 g/mol. The molecular weight excluding hydrogens is 458 g/mol. The minimum Gasteiger partial charge on any atom is -0.493 e. The Morgan fingerprint density at radius 2 is 1.85 bits per heavy atom. The Kier molecular flexibility index (Phi) is 8.37. The van der Waals surface area contributed by atoms with Gasteiger partial charge in [-0.2, -0.15) is 0 Å². The number of rotatable bonds is 8. The number of carbonyl (C=O) groups is 3. The number of nitrogens with two attached hydrogens (primary N) is 1. The zero-order chi connectivity index (χ0) is 24.8. The van der Waals surface area contributed by atoms with Crippen LogP contribution in [0.1, 0.15) is 21.5 Å². The molecule has 2 aromatic rings. The molecule has 3 unspecified atom stereocenters. The Bertz CT molecular complexity index is 1080. The van der Waals surface area contributed by atoms with Crippen molar-refractivity contribution < 1.29 is 23.9 Å². The molecule has 6 N–H and O–H groups in total. The minimum atomic E-state index is -0.999. The maximum absolute atomic E-state index is 12.7. The Morgan fingerprint density at radius 3 is 2.53 bits per heavy atom. The Hall–Kier alpha value is -3.28. The molecule has 1 aliphatic heterocycles. The summed E-state index contributed by atoms with van der Waals surface area (Å²) < 4.78 is 10.4. The molecule has 3 rings (SSSR count). The summed E-state index contributed by atoms with van der Waals surface area (Å²) in [4.78, 5) is 37.6. The highest BCUT2D eigenvalue weighted by Gasteiger charge is 2.35. The molecule has 34 heavy (non-hydrogen) atoms. The molecule has 1 heterocycles. The van der Waals surface area contributed by atoms with Crippen molar-refractivity contribution in [3.8, 4) is 11.5 Å². The van der Waals surface area contributed by atoms with E-state index in [2.05, 4.69) is 21.3 Å². The van der Waals surface area contributed by atoms with E-state index < -0.39 is 29.5 Å². The highest BCUT2D eigenvalue weighted by molar-refractivity contribution is 8.00. The number of methoxy groups -OCH3 is 2. The monoisotopic (exact) mass is 487 g/mol. The first-order valence-corrected chi connectivity index (χ1v) is 11.6. The summed E-state index contributed by atoms with van der Waals surface area (Å²) in [6.45, 7) is 3.92.